The van der Waals surface area contributed by atoms with Crippen molar-refractivity contribution in [2.24, 2.45) is 17.8 Å². The van der Waals surface area contributed by atoms with E-state index in [4.69, 9.17) is 0 Å². The molecule has 1 aromatic carbocycles. The van der Waals surface area contributed by atoms with E-state index in [2.05, 4.69) is 10.6 Å². The molecule has 1 atom stereocenters. The Morgan fingerprint density at radius 1 is 1.04 bits per heavy atom. The molecule has 0 saturated heterocycles. The molecule has 0 radical (unpaired) electrons. The number of benzene rings is 1. The van der Waals surface area contributed by atoms with Crippen LogP contribution in [0.1, 0.15) is 44.1 Å². The van der Waals surface area contributed by atoms with Gasteiger partial charge in [0.15, 0.2) is 0 Å². The summed E-state index contributed by atoms with van der Waals surface area (Å²) >= 11 is 0. The predicted molar refractivity (Wildman–Crippen MR) is 94.1 cm³/mol. The fourth-order valence-electron chi connectivity index (χ4n) is 5.75. The average molecular weight is 342 g/mol. The van der Waals surface area contributed by atoms with Gasteiger partial charge in [-0.2, -0.15) is 0 Å². The van der Waals surface area contributed by atoms with Crippen molar-refractivity contribution in [1.29, 1.82) is 0 Å². The molecule has 4 fully saturated rings. The zero-order valence-electron chi connectivity index (χ0n) is 14.4. The molecule has 5 rings (SSSR count). The van der Waals surface area contributed by atoms with Crippen LogP contribution in [0.3, 0.4) is 0 Å². The van der Waals surface area contributed by atoms with E-state index >= 15 is 0 Å². The number of urea groups is 1. The Labute approximate surface area is 148 Å². The average Bonchev–Trinajstić information content (AvgIpc) is 2.53. The van der Waals surface area contributed by atoms with E-state index in [9.17, 15) is 14.7 Å². The fraction of sp³-hybridized carbons (Fsp3) is 0.600. The summed E-state index contributed by atoms with van der Waals surface area (Å²) in [6, 6.07) is 8.19. The van der Waals surface area contributed by atoms with Gasteiger partial charge in [-0.15, -0.1) is 0 Å². The maximum absolute atomic E-state index is 12.5. The maximum Gasteiger partial charge on any atom is 0.326 e. The number of nitrogens with one attached hydrogen (secondary N) is 2. The van der Waals surface area contributed by atoms with Crippen molar-refractivity contribution in [2.45, 2.75) is 56.5 Å². The van der Waals surface area contributed by atoms with Gasteiger partial charge < -0.3 is 15.7 Å². The molecule has 4 saturated carbocycles. The first-order valence-corrected chi connectivity index (χ1v) is 9.37. The molecule has 4 bridgehead atoms. The van der Waals surface area contributed by atoms with Crippen LogP contribution in [0, 0.1) is 17.8 Å². The van der Waals surface area contributed by atoms with Crippen molar-refractivity contribution in [3.8, 4) is 0 Å². The number of hydrogen-bond donors (Lipinski definition) is 3. The van der Waals surface area contributed by atoms with Gasteiger partial charge in [-0.3, -0.25) is 0 Å². The first kappa shape index (κ1) is 16.4. The highest BCUT2D eigenvalue weighted by Crippen LogP contribution is 2.55. The smallest absolute Gasteiger partial charge is 0.326 e. The lowest BCUT2D eigenvalue weighted by Crippen LogP contribution is -2.62. The molecule has 3 N–H and O–H groups in total. The van der Waals surface area contributed by atoms with E-state index in [1.54, 1.807) is 0 Å². The predicted octanol–water partition coefficient (Wildman–Crippen LogP) is 2.95. The number of hydrogen-bond acceptors (Lipinski definition) is 2. The first-order valence-electron chi connectivity index (χ1n) is 9.37. The number of rotatable bonds is 5. The SMILES string of the molecule is O=C(NC(Cc1ccccc1)C(=O)O)NC12CC3CC(CC(C3)C1)C2. The third-order valence-electron chi connectivity index (χ3n) is 6.30. The highest BCUT2D eigenvalue weighted by Gasteiger charge is 2.51. The zero-order chi connectivity index (χ0) is 17.4. The van der Waals surface area contributed by atoms with Crippen LogP contribution in [0.2, 0.25) is 0 Å². The van der Waals surface area contributed by atoms with Crippen molar-refractivity contribution >= 4 is 12.0 Å². The van der Waals surface area contributed by atoms with E-state index in [1.807, 2.05) is 30.3 Å². The summed E-state index contributed by atoms with van der Waals surface area (Å²) in [6.45, 7) is 0. The number of carboxylic acid groups (broad SMARTS) is 1. The van der Waals surface area contributed by atoms with Crippen LogP contribution in [-0.4, -0.2) is 28.7 Å². The van der Waals surface area contributed by atoms with Crippen LogP contribution >= 0.6 is 0 Å². The molecule has 0 spiro atoms. The monoisotopic (exact) mass is 342 g/mol. The molecule has 134 valence electrons. The third kappa shape index (κ3) is 3.51. The highest BCUT2D eigenvalue weighted by atomic mass is 16.4. The first-order chi connectivity index (χ1) is 12.0. The third-order valence-corrected chi connectivity index (χ3v) is 6.30. The minimum absolute atomic E-state index is 0.103. The quantitative estimate of drug-likeness (QED) is 0.770. The lowest BCUT2D eigenvalue weighted by molar-refractivity contribution is -0.139. The Hall–Kier alpha value is -2.04. The number of carboxylic acids is 1. The molecular weight excluding hydrogens is 316 g/mol. The summed E-state index contributed by atoms with van der Waals surface area (Å²) in [5.41, 5.74) is 0.805. The van der Waals surface area contributed by atoms with Crippen molar-refractivity contribution in [3.63, 3.8) is 0 Å². The fourth-order valence-corrected chi connectivity index (χ4v) is 5.75. The number of carbonyl (C=O) groups excluding carboxylic acids is 1. The van der Waals surface area contributed by atoms with Gasteiger partial charge in [-0.05, 0) is 61.8 Å². The summed E-state index contributed by atoms with van der Waals surface area (Å²) in [5.74, 6) is 1.23. The zero-order valence-corrected chi connectivity index (χ0v) is 14.4. The molecule has 5 heteroatoms. The molecule has 5 nitrogen and oxygen atoms in total. The molecule has 4 aliphatic carbocycles. The normalized spacial score (nSPS) is 33.7. The molecule has 25 heavy (non-hydrogen) atoms. The Balaban J connectivity index is 1.39. The standard InChI is InChI=1S/C20H26N2O3/c23-18(24)17(9-13-4-2-1-3-5-13)21-19(25)22-20-10-14-6-15(11-20)8-16(7-14)12-20/h1-5,14-17H,6-12H2,(H,23,24)(H2,21,22,25). The van der Waals surface area contributed by atoms with Crippen molar-refractivity contribution in [3.05, 3.63) is 35.9 Å². The van der Waals surface area contributed by atoms with Gasteiger partial charge in [0.1, 0.15) is 6.04 Å². The largest absolute Gasteiger partial charge is 0.480 e. The second-order valence-corrected chi connectivity index (χ2v) is 8.38. The van der Waals surface area contributed by atoms with Crippen molar-refractivity contribution in [2.75, 3.05) is 0 Å². The summed E-state index contributed by atoms with van der Waals surface area (Å²) in [4.78, 5) is 24.1. The van der Waals surface area contributed by atoms with Gasteiger partial charge in [0.25, 0.3) is 0 Å². The van der Waals surface area contributed by atoms with Gasteiger partial charge >= 0.3 is 12.0 Å². The minimum atomic E-state index is -0.996. The highest BCUT2D eigenvalue weighted by molar-refractivity contribution is 5.83. The van der Waals surface area contributed by atoms with Crippen LogP contribution in [0.25, 0.3) is 0 Å². The van der Waals surface area contributed by atoms with Crippen LogP contribution in [0.4, 0.5) is 4.79 Å². The molecule has 0 aliphatic heterocycles. The summed E-state index contributed by atoms with van der Waals surface area (Å²) in [5, 5.41) is 15.3. The molecule has 4 aliphatic rings. The van der Waals surface area contributed by atoms with Gasteiger partial charge in [-0.1, -0.05) is 30.3 Å². The molecule has 0 heterocycles. The number of amides is 2. The molecule has 0 aromatic heterocycles. The van der Waals surface area contributed by atoms with Crippen molar-refractivity contribution in [1.82, 2.24) is 10.6 Å². The maximum atomic E-state index is 12.5. The van der Waals surface area contributed by atoms with E-state index in [0.717, 1.165) is 42.6 Å². The van der Waals surface area contributed by atoms with Gasteiger partial charge in [0.05, 0.1) is 0 Å². The van der Waals surface area contributed by atoms with Gasteiger partial charge in [-0.25, -0.2) is 9.59 Å². The van der Waals surface area contributed by atoms with Gasteiger partial charge in [0.2, 0.25) is 0 Å². The van der Waals surface area contributed by atoms with Crippen LogP contribution in [0.5, 0.6) is 0 Å². The summed E-state index contributed by atoms with van der Waals surface area (Å²) in [7, 11) is 0. The lowest BCUT2D eigenvalue weighted by Gasteiger charge is -2.56. The molecule has 2 amide bonds. The van der Waals surface area contributed by atoms with E-state index < -0.39 is 12.0 Å². The van der Waals surface area contributed by atoms with Crippen molar-refractivity contribution < 1.29 is 14.7 Å². The topological polar surface area (TPSA) is 78.4 Å². The van der Waals surface area contributed by atoms with Crippen LogP contribution in [0.15, 0.2) is 30.3 Å². The Bertz CT molecular complexity index is 623. The Morgan fingerprint density at radius 2 is 1.60 bits per heavy atom. The molecule has 1 unspecified atom stereocenters. The van der Waals surface area contributed by atoms with E-state index in [0.29, 0.717) is 6.42 Å². The Morgan fingerprint density at radius 3 is 2.12 bits per heavy atom. The second kappa shape index (κ2) is 6.36. The minimum Gasteiger partial charge on any atom is -0.480 e. The van der Waals surface area contributed by atoms with Gasteiger partial charge in [0, 0.05) is 12.0 Å². The summed E-state index contributed by atoms with van der Waals surface area (Å²) < 4.78 is 0. The summed E-state index contributed by atoms with van der Waals surface area (Å²) in [6.07, 6.45) is 7.41. The van der Waals surface area contributed by atoms with Crippen LogP contribution < -0.4 is 10.6 Å². The lowest BCUT2D eigenvalue weighted by atomic mass is 9.53. The molecule has 1 aromatic rings. The van der Waals surface area contributed by atoms with E-state index in [-0.39, 0.29) is 11.6 Å². The van der Waals surface area contributed by atoms with E-state index in [1.165, 1.54) is 19.3 Å². The molecular formula is C20H26N2O3. The number of carbonyl (C=O) groups is 2. The second-order valence-electron chi connectivity index (χ2n) is 8.38. The van der Waals surface area contributed by atoms with Crippen LogP contribution in [-0.2, 0) is 11.2 Å². The number of aliphatic carboxylic acids is 1. The Kier molecular flexibility index (Phi) is 4.18.